The molecule has 2 atom stereocenters. The van der Waals surface area contributed by atoms with Crippen LogP contribution in [-0.2, 0) is 11.6 Å². The summed E-state index contributed by atoms with van der Waals surface area (Å²) < 4.78 is 17.6. The van der Waals surface area contributed by atoms with E-state index in [4.69, 9.17) is 0 Å². The van der Waals surface area contributed by atoms with Gasteiger partial charge in [0, 0.05) is 19.4 Å². The molecule has 3 aromatic rings. The lowest BCUT2D eigenvalue weighted by Crippen LogP contribution is -2.30. The van der Waals surface area contributed by atoms with Crippen molar-refractivity contribution < 1.29 is 4.57 Å². The number of nitrogens with zero attached hydrogens (tertiary/aromatic N) is 3. The number of rotatable bonds is 5. The van der Waals surface area contributed by atoms with E-state index in [1.165, 1.54) is 0 Å². The Hall–Kier alpha value is -2.45. The highest BCUT2D eigenvalue weighted by atomic mass is 31.1. The van der Waals surface area contributed by atoms with Crippen LogP contribution in [-0.4, -0.2) is 14.7 Å². The van der Waals surface area contributed by atoms with Crippen LogP contribution >= 0.6 is 7.95 Å². The fraction of sp³-hybridized carbons (Fsp3) is 0.286. The molecule has 0 aliphatic rings. The first-order chi connectivity index (χ1) is 12.4. The summed E-state index contributed by atoms with van der Waals surface area (Å²) in [5.74, 6) is 0.868. The number of para-hydroxylation sites is 1. The van der Waals surface area contributed by atoms with Crippen LogP contribution in [0.15, 0.2) is 73.1 Å². The van der Waals surface area contributed by atoms with Crippen molar-refractivity contribution in [1.82, 2.24) is 9.55 Å². The summed E-state index contributed by atoms with van der Waals surface area (Å²) in [6.07, 6.45) is 3.72. The molecule has 0 aliphatic heterocycles. The number of aryl methyl sites for hydroxylation is 1. The molecule has 0 bridgehead atoms. The molecule has 0 N–H and O–H groups in total. The van der Waals surface area contributed by atoms with Crippen LogP contribution in [0, 0.1) is 0 Å². The molecule has 0 saturated carbocycles. The second-order valence-corrected chi connectivity index (χ2v) is 9.65. The third-order valence-electron chi connectivity index (χ3n) is 4.25. The Labute approximate surface area is 156 Å². The summed E-state index contributed by atoms with van der Waals surface area (Å²) >= 11 is 0. The second kappa shape index (κ2) is 7.43. The van der Waals surface area contributed by atoms with Gasteiger partial charge in [-0.05, 0) is 43.0 Å². The van der Waals surface area contributed by atoms with E-state index in [0.29, 0.717) is 0 Å². The molecular formula is C21H25N3OP+. The van der Waals surface area contributed by atoms with Crippen molar-refractivity contribution in [3.63, 3.8) is 0 Å². The first-order valence-corrected chi connectivity index (χ1v) is 9.94. The second-order valence-electron chi connectivity index (χ2n) is 7.33. The Morgan fingerprint density at radius 1 is 1.00 bits per heavy atom. The fourth-order valence-electron chi connectivity index (χ4n) is 2.94. The molecular weight excluding hydrogens is 341 g/mol. The van der Waals surface area contributed by atoms with E-state index in [1.807, 2.05) is 91.8 Å². The van der Waals surface area contributed by atoms with Crippen molar-refractivity contribution in [3.8, 4) is 0 Å². The van der Waals surface area contributed by atoms with Gasteiger partial charge in [0.25, 0.3) is 0 Å². The van der Waals surface area contributed by atoms with Gasteiger partial charge < -0.3 is 4.57 Å². The Morgan fingerprint density at radius 3 is 2.08 bits per heavy atom. The summed E-state index contributed by atoms with van der Waals surface area (Å²) in [4.78, 5) is 4.60. The zero-order valence-corrected chi connectivity index (χ0v) is 16.6. The summed E-state index contributed by atoms with van der Waals surface area (Å²) in [6, 6.07) is 19.9. The third kappa shape index (κ3) is 3.71. The van der Waals surface area contributed by atoms with Crippen LogP contribution in [0.4, 0.5) is 5.69 Å². The molecule has 26 heavy (non-hydrogen) atoms. The van der Waals surface area contributed by atoms with Gasteiger partial charge in [0.1, 0.15) is 5.82 Å². The highest BCUT2D eigenvalue weighted by Crippen LogP contribution is 2.50. The van der Waals surface area contributed by atoms with E-state index in [0.717, 1.165) is 17.1 Å². The maximum Gasteiger partial charge on any atom is 0.468 e. The maximum atomic E-state index is 13.6. The molecule has 0 radical (unpaired) electrons. The molecule has 3 rings (SSSR count). The lowest BCUT2D eigenvalue weighted by atomic mass is 10.1. The Bertz CT molecular complexity index is 869. The molecule has 5 heteroatoms. The minimum atomic E-state index is -1.71. The quantitative estimate of drug-likeness (QED) is 0.555. The average molecular weight is 366 g/mol. The van der Waals surface area contributed by atoms with Crippen LogP contribution in [0.1, 0.15) is 38.2 Å². The summed E-state index contributed by atoms with van der Waals surface area (Å²) in [5.41, 5.74) is 2.00. The van der Waals surface area contributed by atoms with Crippen LogP contribution in [0.3, 0.4) is 0 Å². The van der Waals surface area contributed by atoms with Gasteiger partial charge in [-0.2, -0.15) is 4.67 Å². The number of aromatic nitrogens is 2. The van der Waals surface area contributed by atoms with Gasteiger partial charge in [0.2, 0.25) is 0 Å². The molecule has 0 aliphatic carbocycles. The number of imidazole rings is 1. The van der Waals surface area contributed by atoms with Crippen molar-refractivity contribution in [2.75, 3.05) is 4.67 Å². The lowest BCUT2D eigenvalue weighted by molar-refractivity contribution is 0.554. The van der Waals surface area contributed by atoms with Gasteiger partial charge in [0.05, 0.1) is 5.69 Å². The minimum Gasteiger partial charge on any atom is -0.336 e. The number of anilines is 1. The summed E-state index contributed by atoms with van der Waals surface area (Å²) in [6.45, 7) is 6.05. The standard InChI is InChI=1S/C21H25N3OP/c1-21(2,3)26(25)24(18-13-9-6-10-14-18)19(17-11-7-5-8-12-17)20-22-15-16-23(20)4/h5-16,19H,1-4H3/q+1. The van der Waals surface area contributed by atoms with E-state index in [2.05, 4.69) is 17.1 Å². The molecule has 0 fully saturated rings. The lowest BCUT2D eigenvalue weighted by Gasteiger charge is -2.27. The van der Waals surface area contributed by atoms with Crippen molar-refractivity contribution in [1.29, 1.82) is 0 Å². The first-order valence-electron chi connectivity index (χ1n) is 8.73. The topological polar surface area (TPSA) is 38.1 Å². The largest absolute Gasteiger partial charge is 0.468 e. The van der Waals surface area contributed by atoms with Gasteiger partial charge in [-0.3, -0.25) is 0 Å². The van der Waals surface area contributed by atoms with Crippen molar-refractivity contribution >= 4 is 13.6 Å². The summed E-state index contributed by atoms with van der Waals surface area (Å²) in [5, 5.41) is -0.372. The van der Waals surface area contributed by atoms with Crippen molar-refractivity contribution in [2.45, 2.75) is 32.0 Å². The first kappa shape index (κ1) is 18.3. The fourth-order valence-corrected chi connectivity index (χ4v) is 4.37. The number of benzene rings is 2. The third-order valence-corrected chi connectivity index (χ3v) is 6.25. The van der Waals surface area contributed by atoms with Gasteiger partial charge >= 0.3 is 7.95 Å². The van der Waals surface area contributed by atoms with Crippen LogP contribution in [0.5, 0.6) is 0 Å². The van der Waals surface area contributed by atoms with E-state index in [-0.39, 0.29) is 11.2 Å². The molecule has 4 nitrogen and oxygen atoms in total. The molecule has 2 aromatic carbocycles. The van der Waals surface area contributed by atoms with Crippen LogP contribution in [0.25, 0.3) is 0 Å². The van der Waals surface area contributed by atoms with E-state index in [1.54, 1.807) is 6.20 Å². The van der Waals surface area contributed by atoms with Gasteiger partial charge in [0.15, 0.2) is 11.2 Å². The highest BCUT2D eigenvalue weighted by molar-refractivity contribution is 7.48. The maximum absolute atomic E-state index is 13.6. The van der Waals surface area contributed by atoms with Crippen LogP contribution < -0.4 is 4.67 Å². The predicted molar refractivity (Wildman–Crippen MR) is 108 cm³/mol. The van der Waals surface area contributed by atoms with Crippen LogP contribution in [0.2, 0.25) is 0 Å². The Balaban J connectivity index is 2.23. The zero-order chi connectivity index (χ0) is 18.7. The van der Waals surface area contributed by atoms with Gasteiger partial charge in [-0.25, -0.2) is 4.98 Å². The Kier molecular flexibility index (Phi) is 5.24. The average Bonchev–Trinajstić information content (AvgIpc) is 3.05. The summed E-state index contributed by atoms with van der Waals surface area (Å²) in [7, 11) is 0.266. The van der Waals surface area contributed by atoms with E-state index < -0.39 is 7.95 Å². The SMILES string of the molecule is Cn1ccnc1C(c1ccccc1)N(c1ccccc1)[P+](=O)C(C)(C)C. The normalized spacial score (nSPS) is 13.3. The molecule has 1 aromatic heterocycles. The molecule has 0 spiro atoms. The van der Waals surface area contributed by atoms with Gasteiger partial charge in [-0.1, -0.05) is 48.5 Å². The molecule has 134 valence electrons. The molecule has 1 heterocycles. The molecule has 0 amide bonds. The zero-order valence-electron chi connectivity index (χ0n) is 15.7. The number of hydrogen-bond acceptors (Lipinski definition) is 2. The Morgan fingerprint density at radius 2 is 1.58 bits per heavy atom. The highest BCUT2D eigenvalue weighted by Gasteiger charge is 2.47. The smallest absolute Gasteiger partial charge is 0.336 e. The monoisotopic (exact) mass is 366 g/mol. The van der Waals surface area contributed by atoms with Crippen molar-refractivity contribution in [3.05, 3.63) is 84.4 Å². The number of hydrogen-bond donors (Lipinski definition) is 0. The van der Waals surface area contributed by atoms with Crippen molar-refractivity contribution in [2.24, 2.45) is 7.05 Å². The van der Waals surface area contributed by atoms with E-state index >= 15 is 0 Å². The van der Waals surface area contributed by atoms with Gasteiger partial charge in [-0.15, -0.1) is 0 Å². The van der Waals surface area contributed by atoms with E-state index in [9.17, 15) is 4.57 Å². The molecule has 2 unspecified atom stereocenters. The molecule has 0 saturated heterocycles. The minimum absolute atomic E-state index is 0.235. The predicted octanol–water partition coefficient (Wildman–Crippen LogP) is 5.56.